The highest BCUT2D eigenvalue weighted by Gasteiger charge is 2.29. The molecular formula is C30H23NO6S. The molecular weight excluding hydrogens is 502 g/mol. The normalized spacial score (nSPS) is 13.8. The first-order valence-electron chi connectivity index (χ1n) is 12.1. The predicted octanol–water partition coefficient (Wildman–Crippen LogP) is 6.57. The molecule has 0 saturated carbocycles. The monoisotopic (exact) mass is 525 g/mol. The van der Waals surface area contributed by atoms with E-state index in [4.69, 9.17) is 9.47 Å². The number of carboxylic acid groups (broad SMARTS) is 1. The lowest BCUT2D eigenvalue weighted by Crippen LogP contribution is -2.06. The topological polar surface area (TPSA) is 106 Å². The molecule has 38 heavy (non-hydrogen) atoms. The van der Waals surface area contributed by atoms with Gasteiger partial charge in [0.05, 0.1) is 17.0 Å². The Morgan fingerprint density at radius 2 is 1.55 bits per heavy atom. The van der Waals surface area contributed by atoms with Crippen LogP contribution < -0.4 is 9.47 Å². The minimum absolute atomic E-state index is 0.125. The van der Waals surface area contributed by atoms with Crippen molar-refractivity contribution in [3.05, 3.63) is 107 Å². The Labute approximate surface area is 218 Å². The molecule has 2 N–H and O–H groups in total. The maximum absolute atomic E-state index is 12.8. The number of hydrogen-bond acceptors (Lipinski definition) is 5. The average molecular weight is 526 g/mol. The Bertz CT molecular complexity index is 1850. The number of H-pyrrole nitrogens is 1. The molecule has 4 aromatic carbocycles. The van der Waals surface area contributed by atoms with E-state index in [9.17, 15) is 18.3 Å². The molecule has 7 nitrogen and oxygen atoms in total. The third kappa shape index (κ3) is 4.18. The molecule has 8 heteroatoms. The lowest BCUT2D eigenvalue weighted by atomic mass is 9.96. The van der Waals surface area contributed by atoms with Gasteiger partial charge in [0.1, 0.15) is 5.75 Å². The molecule has 6 rings (SSSR count). The van der Waals surface area contributed by atoms with E-state index in [1.165, 1.54) is 5.41 Å². The Morgan fingerprint density at radius 3 is 2.42 bits per heavy atom. The maximum atomic E-state index is 12.8. The van der Waals surface area contributed by atoms with E-state index in [0.717, 1.165) is 21.9 Å². The number of aromatic nitrogens is 1. The summed E-state index contributed by atoms with van der Waals surface area (Å²) in [7, 11) is -3.57. The van der Waals surface area contributed by atoms with Gasteiger partial charge in [0.25, 0.3) is 0 Å². The highest BCUT2D eigenvalue weighted by molar-refractivity contribution is 7.95. The third-order valence-electron chi connectivity index (χ3n) is 6.72. The number of carbonyl (C=O) groups is 1. The molecule has 5 aromatic rings. The third-order valence-corrected chi connectivity index (χ3v) is 8.23. The van der Waals surface area contributed by atoms with Crippen molar-refractivity contribution >= 4 is 43.2 Å². The molecule has 0 saturated heterocycles. The van der Waals surface area contributed by atoms with Gasteiger partial charge in [-0.3, -0.25) is 0 Å². The highest BCUT2D eigenvalue weighted by atomic mass is 32.2. The van der Waals surface area contributed by atoms with E-state index in [2.05, 4.69) is 4.98 Å². The fraction of sp³-hybridized carbons (Fsp3) is 0.100. The summed E-state index contributed by atoms with van der Waals surface area (Å²) in [4.78, 5) is 14.8. The number of sulfone groups is 1. The van der Waals surface area contributed by atoms with Crippen molar-refractivity contribution < 1.29 is 27.8 Å². The minimum Gasteiger partial charge on any atom is -0.493 e. The SMILES string of the molecule is O=C(O)Oc1[nH]c2c(C3=CS(=O)(=O)c4ccccc43)cccc2c1CCCOc1cccc2ccccc12. The van der Waals surface area contributed by atoms with Crippen LogP contribution in [-0.4, -0.2) is 31.3 Å². The summed E-state index contributed by atoms with van der Waals surface area (Å²) in [6.45, 7) is 0.420. The molecule has 1 aliphatic rings. The summed E-state index contributed by atoms with van der Waals surface area (Å²) in [6.07, 6.45) is -0.333. The van der Waals surface area contributed by atoms with E-state index in [1.807, 2.05) is 60.7 Å². The quantitative estimate of drug-likeness (QED) is 0.184. The number of ether oxygens (including phenoxy) is 2. The Balaban J connectivity index is 1.32. The zero-order chi connectivity index (χ0) is 26.3. The second-order valence-electron chi connectivity index (χ2n) is 9.03. The van der Waals surface area contributed by atoms with Gasteiger partial charge in [0.2, 0.25) is 15.7 Å². The van der Waals surface area contributed by atoms with E-state index in [-0.39, 0.29) is 10.8 Å². The predicted molar refractivity (Wildman–Crippen MR) is 145 cm³/mol. The van der Waals surface area contributed by atoms with Crippen LogP contribution in [-0.2, 0) is 16.3 Å². The van der Waals surface area contributed by atoms with Crippen LogP contribution in [0.15, 0.2) is 95.2 Å². The van der Waals surface area contributed by atoms with E-state index >= 15 is 0 Å². The molecule has 0 atom stereocenters. The fourth-order valence-corrected chi connectivity index (χ4v) is 6.52. The standard InChI is InChI=1S/C30H23NO6S/c32-30(33)37-29-24(14-7-17-36-26-15-5-9-19-8-1-2-10-20(19)26)22-12-6-13-23(28(22)31-29)25-18-38(34,35)27-16-4-3-11-21(25)27/h1-6,8-13,15-16,18,31H,7,14,17H2,(H,32,33). The maximum Gasteiger partial charge on any atom is 0.512 e. The van der Waals surface area contributed by atoms with Crippen molar-refractivity contribution in [2.45, 2.75) is 17.7 Å². The van der Waals surface area contributed by atoms with E-state index < -0.39 is 16.0 Å². The summed E-state index contributed by atoms with van der Waals surface area (Å²) in [5.41, 5.74) is 3.14. The Hall–Kier alpha value is -4.56. The smallest absolute Gasteiger partial charge is 0.493 e. The van der Waals surface area contributed by atoms with Crippen LogP contribution in [0.5, 0.6) is 11.6 Å². The Kier molecular flexibility index (Phi) is 5.88. The summed E-state index contributed by atoms with van der Waals surface area (Å²) in [5.74, 6) is 0.916. The second kappa shape index (κ2) is 9.39. The van der Waals surface area contributed by atoms with Crippen LogP contribution >= 0.6 is 0 Å². The van der Waals surface area contributed by atoms with E-state index in [0.29, 0.717) is 47.2 Å². The first-order valence-corrected chi connectivity index (χ1v) is 13.7. The number of aromatic amines is 1. The van der Waals surface area contributed by atoms with Gasteiger partial charge in [0.15, 0.2) is 0 Å². The number of aryl methyl sites for hydroxylation is 1. The Morgan fingerprint density at radius 1 is 0.842 bits per heavy atom. The molecule has 0 bridgehead atoms. The molecule has 0 aliphatic carbocycles. The van der Waals surface area contributed by atoms with Crippen molar-refractivity contribution in [3.63, 3.8) is 0 Å². The highest BCUT2D eigenvalue weighted by Crippen LogP contribution is 2.41. The largest absolute Gasteiger partial charge is 0.512 e. The first kappa shape index (κ1) is 23.8. The van der Waals surface area contributed by atoms with Crippen LogP contribution in [0, 0.1) is 0 Å². The van der Waals surface area contributed by atoms with Crippen LogP contribution in [0.25, 0.3) is 27.2 Å². The van der Waals surface area contributed by atoms with Crippen molar-refractivity contribution in [1.29, 1.82) is 0 Å². The van der Waals surface area contributed by atoms with Crippen LogP contribution in [0.4, 0.5) is 4.79 Å². The molecule has 0 fully saturated rings. The lowest BCUT2D eigenvalue weighted by molar-refractivity contribution is 0.142. The van der Waals surface area contributed by atoms with Gasteiger partial charge in [-0.1, -0.05) is 72.8 Å². The van der Waals surface area contributed by atoms with Gasteiger partial charge in [-0.25, -0.2) is 13.2 Å². The summed E-state index contributed by atoms with van der Waals surface area (Å²) in [5, 5.41) is 13.5. The summed E-state index contributed by atoms with van der Waals surface area (Å²) >= 11 is 0. The number of fused-ring (bicyclic) bond motifs is 3. The number of rotatable bonds is 7. The number of nitrogens with one attached hydrogen (secondary N) is 1. The molecule has 0 amide bonds. The van der Waals surface area contributed by atoms with Crippen LogP contribution in [0.2, 0.25) is 0 Å². The van der Waals surface area contributed by atoms with Crippen molar-refractivity contribution in [3.8, 4) is 11.6 Å². The van der Waals surface area contributed by atoms with Crippen molar-refractivity contribution in [2.75, 3.05) is 6.61 Å². The molecule has 0 spiro atoms. The lowest BCUT2D eigenvalue weighted by Gasteiger charge is -2.10. The summed E-state index contributed by atoms with van der Waals surface area (Å²) < 4.78 is 36.7. The molecule has 1 aromatic heterocycles. The van der Waals surface area contributed by atoms with Crippen LogP contribution in [0.1, 0.15) is 23.1 Å². The minimum atomic E-state index is -3.57. The van der Waals surface area contributed by atoms with Crippen molar-refractivity contribution in [1.82, 2.24) is 4.98 Å². The number of para-hydroxylation sites is 1. The molecule has 0 radical (unpaired) electrons. The fourth-order valence-electron chi connectivity index (χ4n) is 5.08. The molecule has 1 aliphatic heterocycles. The summed E-state index contributed by atoms with van der Waals surface area (Å²) in [6, 6.07) is 26.3. The van der Waals surface area contributed by atoms with E-state index in [1.54, 1.807) is 24.3 Å². The van der Waals surface area contributed by atoms with Crippen molar-refractivity contribution in [2.24, 2.45) is 0 Å². The number of benzene rings is 4. The van der Waals surface area contributed by atoms with Gasteiger partial charge in [-0.15, -0.1) is 0 Å². The van der Waals surface area contributed by atoms with Gasteiger partial charge < -0.3 is 19.6 Å². The molecule has 190 valence electrons. The first-order chi connectivity index (χ1) is 18.4. The molecule has 0 unspecified atom stereocenters. The van der Waals surface area contributed by atoms with Crippen LogP contribution in [0.3, 0.4) is 0 Å². The van der Waals surface area contributed by atoms with Gasteiger partial charge in [0, 0.05) is 38.4 Å². The van der Waals surface area contributed by atoms with Gasteiger partial charge in [-0.2, -0.15) is 0 Å². The second-order valence-corrected chi connectivity index (χ2v) is 10.8. The van der Waals surface area contributed by atoms with Gasteiger partial charge in [-0.05, 0) is 30.4 Å². The zero-order valence-electron chi connectivity index (χ0n) is 20.2. The average Bonchev–Trinajstić information content (AvgIpc) is 3.40. The number of hydrogen-bond donors (Lipinski definition) is 2. The zero-order valence-corrected chi connectivity index (χ0v) is 21.0. The van der Waals surface area contributed by atoms with Gasteiger partial charge >= 0.3 is 6.16 Å². The molecule has 2 heterocycles.